The molecule has 1 saturated carbocycles. The molecule has 2 aromatic carbocycles. The highest BCUT2D eigenvalue weighted by molar-refractivity contribution is 5.63. The maximum Gasteiger partial charge on any atom is 0.0696 e. The van der Waals surface area contributed by atoms with Crippen LogP contribution < -0.4 is 5.32 Å². The molecule has 0 bridgehead atoms. The Morgan fingerprint density at radius 2 is 1.67 bits per heavy atom. The lowest BCUT2D eigenvalue weighted by molar-refractivity contribution is 0.147. The molecule has 3 atom stereocenters. The smallest absolute Gasteiger partial charge is 0.0696 e. The third-order valence-corrected chi connectivity index (χ3v) is 5.15. The highest BCUT2D eigenvalue weighted by Gasteiger charge is 2.32. The van der Waals surface area contributed by atoms with Gasteiger partial charge in [-0.2, -0.15) is 0 Å². The first-order valence-electron chi connectivity index (χ1n) is 9.32. The Hall–Kier alpha value is -1.64. The number of benzene rings is 2. The largest absolute Gasteiger partial charge is 0.391 e. The zero-order valence-corrected chi connectivity index (χ0v) is 14.6. The van der Waals surface area contributed by atoms with Crippen molar-refractivity contribution in [3.05, 3.63) is 60.2 Å². The van der Waals surface area contributed by atoms with Gasteiger partial charge in [0.1, 0.15) is 0 Å². The maximum atomic E-state index is 10.3. The molecule has 0 amide bonds. The molecule has 0 aliphatic heterocycles. The van der Waals surface area contributed by atoms with Gasteiger partial charge >= 0.3 is 0 Å². The summed E-state index contributed by atoms with van der Waals surface area (Å²) in [4.78, 5) is 0. The van der Waals surface area contributed by atoms with Crippen molar-refractivity contribution in [1.29, 1.82) is 0 Å². The van der Waals surface area contributed by atoms with Crippen molar-refractivity contribution in [2.75, 3.05) is 6.54 Å². The lowest BCUT2D eigenvalue weighted by atomic mass is 9.96. The van der Waals surface area contributed by atoms with Crippen LogP contribution in [0.3, 0.4) is 0 Å². The fourth-order valence-electron chi connectivity index (χ4n) is 3.77. The molecule has 0 heterocycles. The number of unbranched alkanes of at least 4 members (excludes halogenated alkanes) is 1. The average Bonchev–Trinajstić information content (AvgIpc) is 2.96. The van der Waals surface area contributed by atoms with Crippen molar-refractivity contribution in [3.63, 3.8) is 0 Å². The molecular weight excluding hydrogens is 294 g/mol. The van der Waals surface area contributed by atoms with Gasteiger partial charge in [-0.1, -0.05) is 67.9 Å². The summed E-state index contributed by atoms with van der Waals surface area (Å²) in [5, 5.41) is 13.8. The topological polar surface area (TPSA) is 32.3 Å². The zero-order chi connectivity index (χ0) is 16.8. The van der Waals surface area contributed by atoms with Gasteiger partial charge in [0.15, 0.2) is 0 Å². The fourth-order valence-corrected chi connectivity index (χ4v) is 3.77. The molecule has 0 spiro atoms. The molecule has 2 heteroatoms. The summed E-state index contributed by atoms with van der Waals surface area (Å²) in [5.41, 5.74) is 3.91. The third-order valence-electron chi connectivity index (χ3n) is 5.15. The predicted molar refractivity (Wildman–Crippen MR) is 101 cm³/mol. The van der Waals surface area contributed by atoms with E-state index in [0.29, 0.717) is 5.92 Å². The highest BCUT2D eigenvalue weighted by Crippen LogP contribution is 2.30. The van der Waals surface area contributed by atoms with E-state index in [1.54, 1.807) is 0 Å². The minimum absolute atomic E-state index is 0.185. The number of hydrogen-bond acceptors (Lipinski definition) is 2. The Morgan fingerprint density at radius 3 is 2.38 bits per heavy atom. The van der Waals surface area contributed by atoms with Gasteiger partial charge in [-0.3, -0.25) is 0 Å². The van der Waals surface area contributed by atoms with E-state index in [0.717, 1.165) is 25.8 Å². The van der Waals surface area contributed by atoms with Crippen molar-refractivity contribution in [3.8, 4) is 11.1 Å². The fraction of sp³-hybridized carbons (Fsp3) is 0.455. The van der Waals surface area contributed by atoms with Crippen LogP contribution >= 0.6 is 0 Å². The normalized spacial score (nSPS) is 23.5. The van der Waals surface area contributed by atoms with Gasteiger partial charge in [-0.15, -0.1) is 0 Å². The maximum absolute atomic E-state index is 10.3. The van der Waals surface area contributed by atoms with E-state index in [2.05, 4.69) is 60.8 Å². The van der Waals surface area contributed by atoms with E-state index in [4.69, 9.17) is 0 Å². The van der Waals surface area contributed by atoms with E-state index in [1.165, 1.54) is 29.5 Å². The molecule has 3 rings (SSSR count). The van der Waals surface area contributed by atoms with Crippen LogP contribution in [0.25, 0.3) is 11.1 Å². The molecule has 24 heavy (non-hydrogen) atoms. The monoisotopic (exact) mass is 323 g/mol. The number of aliphatic hydroxyl groups is 1. The molecule has 2 nitrogen and oxygen atoms in total. The summed E-state index contributed by atoms with van der Waals surface area (Å²) in [7, 11) is 0. The van der Waals surface area contributed by atoms with Gasteiger partial charge in [0.25, 0.3) is 0 Å². The second-order valence-electron chi connectivity index (χ2n) is 7.09. The second kappa shape index (κ2) is 8.46. The Bertz CT molecular complexity index is 608. The van der Waals surface area contributed by atoms with Crippen molar-refractivity contribution >= 4 is 0 Å². The molecule has 2 N–H and O–H groups in total. The summed E-state index contributed by atoms with van der Waals surface area (Å²) in [6.07, 6.45) is 5.28. The van der Waals surface area contributed by atoms with Crippen molar-refractivity contribution in [1.82, 2.24) is 5.32 Å². The van der Waals surface area contributed by atoms with Crippen LogP contribution in [0.5, 0.6) is 0 Å². The first-order valence-corrected chi connectivity index (χ1v) is 9.32. The summed E-state index contributed by atoms with van der Waals surface area (Å²) < 4.78 is 0. The first kappa shape index (κ1) is 17.2. The van der Waals surface area contributed by atoms with Crippen LogP contribution in [0.1, 0.15) is 38.2 Å². The zero-order valence-electron chi connectivity index (χ0n) is 14.6. The van der Waals surface area contributed by atoms with Gasteiger partial charge in [-0.05, 0) is 54.8 Å². The summed E-state index contributed by atoms with van der Waals surface area (Å²) in [5.74, 6) is 0.585. The first-order chi connectivity index (χ1) is 11.8. The van der Waals surface area contributed by atoms with Crippen LogP contribution in [0.15, 0.2) is 54.6 Å². The molecule has 0 unspecified atom stereocenters. The van der Waals surface area contributed by atoms with Gasteiger partial charge in [0, 0.05) is 6.04 Å². The summed E-state index contributed by atoms with van der Waals surface area (Å²) >= 11 is 0. The molecule has 1 aliphatic carbocycles. The number of aliphatic hydroxyl groups excluding tert-OH is 1. The quantitative estimate of drug-likeness (QED) is 0.739. The van der Waals surface area contributed by atoms with Crippen LogP contribution in [0.2, 0.25) is 0 Å². The van der Waals surface area contributed by atoms with Crippen LogP contribution in [0.4, 0.5) is 0 Å². The van der Waals surface area contributed by atoms with Crippen LogP contribution in [-0.4, -0.2) is 23.8 Å². The molecule has 1 aliphatic rings. The van der Waals surface area contributed by atoms with Gasteiger partial charge in [0.2, 0.25) is 0 Å². The summed E-state index contributed by atoms with van der Waals surface area (Å²) in [6, 6.07) is 19.7. The molecular formula is C22H29NO. The summed E-state index contributed by atoms with van der Waals surface area (Å²) in [6.45, 7) is 3.23. The van der Waals surface area contributed by atoms with E-state index >= 15 is 0 Å². The lowest BCUT2D eigenvalue weighted by Gasteiger charge is -2.16. The van der Waals surface area contributed by atoms with Gasteiger partial charge in [0.05, 0.1) is 6.10 Å². The van der Waals surface area contributed by atoms with Crippen molar-refractivity contribution in [2.24, 2.45) is 5.92 Å². The van der Waals surface area contributed by atoms with Crippen LogP contribution in [0, 0.1) is 5.92 Å². The van der Waals surface area contributed by atoms with E-state index in [1.807, 2.05) is 6.07 Å². The Labute approximate surface area is 145 Å². The third kappa shape index (κ3) is 4.46. The van der Waals surface area contributed by atoms with Crippen molar-refractivity contribution in [2.45, 2.75) is 51.2 Å². The standard InChI is InChI=1S/C22H29NO/c1-2-3-13-23-21-15-18(16-22(21)24)14-17-9-11-20(12-10-17)19-7-5-4-6-8-19/h4-12,18,21-24H,2-3,13-16H2,1H3/t18-,21+,22+/m0/s1. The molecule has 1 fully saturated rings. The van der Waals surface area contributed by atoms with Gasteiger partial charge < -0.3 is 10.4 Å². The second-order valence-corrected chi connectivity index (χ2v) is 7.09. The van der Waals surface area contributed by atoms with Crippen LogP contribution in [-0.2, 0) is 6.42 Å². The molecule has 0 aromatic heterocycles. The Morgan fingerprint density at radius 1 is 0.958 bits per heavy atom. The Kier molecular flexibility index (Phi) is 6.06. The number of nitrogens with one attached hydrogen (secondary N) is 1. The predicted octanol–water partition coefficient (Wildman–Crippen LogP) is 4.43. The lowest BCUT2D eigenvalue weighted by Crippen LogP contribution is -2.36. The molecule has 128 valence electrons. The highest BCUT2D eigenvalue weighted by atomic mass is 16.3. The minimum atomic E-state index is -0.185. The molecule has 0 saturated heterocycles. The molecule has 2 aromatic rings. The average molecular weight is 323 g/mol. The SMILES string of the molecule is CCCCN[C@@H]1C[C@H](Cc2ccc(-c3ccccc3)cc2)C[C@H]1O. The van der Waals surface area contributed by atoms with E-state index in [9.17, 15) is 5.11 Å². The minimum Gasteiger partial charge on any atom is -0.391 e. The van der Waals surface area contributed by atoms with Gasteiger partial charge in [-0.25, -0.2) is 0 Å². The number of rotatable bonds is 7. The van der Waals surface area contributed by atoms with E-state index < -0.39 is 0 Å². The van der Waals surface area contributed by atoms with E-state index in [-0.39, 0.29) is 12.1 Å². The number of hydrogen-bond donors (Lipinski definition) is 2. The van der Waals surface area contributed by atoms with Crippen molar-refractivity contribution < 1.29 is 5.11 Å². The molecule has 0 radical (unpaired) electrons. The Balaban J connectivity index is 1.55.